The van der Waals surface area contributed by atoms with Crippen molar-refractivity contribution in [2.75, 3.05) is 6.54 Å². The van der Waals surface area contributed by atoms with Crippen LogP contribution in [-0.2, 0) is 28.6 Å². The smallest absolute Gasteiger partial charge is 0.325 e. The average molecular weight is 359 g/mol. The highest BCUT2D eigenvalue weighted by atomic mass is 32.2. The molecule has 8 heteroatoms. The van der Waals surface area contributed by atoms with Gasteiger partial charge in [-0.15, -0.1) is 0 Å². The second-order valence-electron chi connectivity index (χ2n) is 7.97. The Bertz CT molecular complexity index is 672. The topological polar surface area (TPSA) is 98.8 Å². The van der Waals surface area contributed by atoms with Gasteiger partial charge in [0.15, 0.2) is 0 Å². The molecule has 0 aromatic heterocycles. The number of carbonyl (C=O) groups excluding carboxylic acids is 2. The molecule has 2 bridgehead atoms. The van der Waals surface area contributed by atoms with Gasteiger partial charge in [0, 0.05) is 17.3 Å². The number of fused-ring (bicyclic) bond motifs is 1. The minimum absolute atomic E-state index is 0.00834. The Morgan fingerprint density at radius 2 is 2.00 bits per heavy atom. The lowest BCUT2D eigenvalue weighted by Gasteiger charge is -2.33. The third-order valence-corrected chi connectivity index (χ3v) is 7.94. The molecule has 24 heavy (non-hydrogen) atoms. The Hall–Kier alpha value is -1.15. The molecular formula is C16H25NO6S. The molecule has 136 valence electrons. The summed E-state index contributed by atoms with van der Waals surface area (Å²) < 4.78 is 35.0. The first-order chi connectivity index (χ1) is 11.0. The van der Waals surface area contributed by atoms with Crippen LogP contribution in [0.3, 0.4) is 0 Å². The number of nitrogens with one attached hydrogen (secondary N) is 1. The van der Waals surface area contributed by atoms with Crippen LogP contribution in [0.4, 0.5) is 0 Å². The lowest BCUT2D eigenvalue weighted by Crippen LogP contribution is -2.48. The molecule has 1 saturated heterocycles. The zero-order valence-electron chi connectivity index (χ0n) is 14.5. The van der Waals surface area contributed by atoms with Gasteiger partial charge in [0.1, 0.15) is 18.2 Å². The van der Waals surface area contributed by atoms with E-state index in [0.29, 0.717) is 19.3 Å². The van der Waals surface area contributed by atoms with Crippen molar-refractivity contribution in [3.05, 3.63) is 0 Å². The quantitative estimate of drug-likeness (QED) is 0.580. The van der Waals surface area contributed by atoms with Gasteiger partial charge in [-0.1, -0.05) is 20.8 Å². The Balaban J connectivity index is 1.62. The van der Waals surface area contributed by atoms with Gasteiger partial charge in [-0.05, 0) is 26.2 Å². The SMILES string of the molecule is CCC(C)(C)C(=O)NCC(=O)OC1C2CC3C(C2)S(=O)(=O)OC31C. The van der Waals surface area contributed by atoms with Crippen molar-refractivity contribution in [1.82, 2.24) is 5.32 Å². The van der Waals surface area contributed by atoms with Gasteiger partial charge < -0.3 is 10.1 Å². The van der Waals surface area contributed by atoms with Crippen LogP contribution in [0, 0.1) is 17.3 Å². The van der Waals surface area contributed by atoms with E-state index in [2.05, 4.69) is 5.32 Å². The molecule has 0 radical (unpaired) electrons. The molecule has 3 rings (SSSR count). The molecular weight excluding hydrogens is 334 g/mol. The van der Waals surface area contributed by atoms with Crippen molar-refractivity contribution in [3.63, 3.8) is 0 Å². The minimum Gasteiger partial charge on any atom is -0.458 e. The van der Waals surface area contributed by atoms with Crippen molar-refractivity contribution in [3.8, 4) is 0 Å². The van der Waals surface area contributed by atoms with E-state index in [9.17, 15) is 18.0 Å². The summed E-state index contributed by atoms with van der Waals surface area (Å²) in [5, 5.41) is 2.13. The number of amides is 1. The zero-order valence-corrected chi connectivity index (χ0v) is 15.3. The highest BCUT2D eigenvalue weighted by molar-refractivity contribution is 7.87. The fourth-order valence-corrected chi connectivity index (χ4v) is 6.36. The van der Waals surface area contributed by atoms with Crippen LogP contribution < -0.4 is 5.32 Å². The van der Waals surface area contributed by atoms with Gasteiger partial charge >= 0.3 is 5.97 Å². The molecule has 5 atom stereocenters. The van der Waals surface area contributed by atoms with Crippen molar-refractivity contribution >= 4 is 22.0 Å². The first kappa shape index (κ1) is 17.7. The van der Waals surface area contributed by atoms with Gasteiger partial charge in [0.05, 0.1) is 5.25 Å². The highest BCUT2D eigenvalue weighted by Gasteiger charge is 2.71. The molecule has 1 amide bonds. The van der Waals surface area contributed by atoms with Crippen molar-refractivity contribution < 1.29 is 26.9 Å². The standard InChI is InChI=1S/C16H25NO6S/c1-5-15(2,3)14(19)17-8-12(18)22-13-9-6-10-11(7-9)24(20,21)23-16(10,13)4/h9-11,13H,5-8H2,1-4H3,(H,17,19). The predicted molar refractivity (Wildman–Crippen MR) is 85.4 cm³/mol. The van der Waals surface area contributed by atoms with Gasteiger partial charge in [-0.3, -0.25) is 13.8 Å². The molecule has 0 aromatic carbocycles. The van der Waals surface area contributed by atoms with Gasteiger partial charge in [-0.2, -0.15) is 8.42 Å². The van der Waals surface area contributed by atoms with E-state index in [1.54, 1.807) is 6.92 Å². The number of hydrogen-bond acceptors (Lipinski definition) is 6. The van der Waals surface area contributed by atoms with Crippen molar-refractivity contribution in [2.45, 2.75) is 63.9 Å². The van der Waals surface area contributed by atoms with E-state index in [1.165, 1.54) is 0 Å². The van der Waals surface area contributed by atoms with Crippen LogP contribution >= 0.6 is 0 Å². The summed E-state index contributed by atoms with van der Waals surface area (Å²) in [6, 6.07) is 0. The average Bonchev–Trinajstić information content (AvgIpc) is 3.07. The van der Waals surface area contributed by atoms with Crippen LogP contribution in [0.2, 0.25) is 0 Å². The molecule has 0 spiro atoms. The second kappa shape index (κ2) is 5.42. The number of hydrogen-bond donors (Lipinski definition) is 1. The maximum absolute atomic E-state index is 12.1. The maximum atomic E-state index is 12.1. The summed E-state index contributed by atoms with van der Waals surface area (Å²) in [6.45, 7) is 7.01. The molecule has 1 aliphatic heterocycles. The molecule has 3 fully saturated rings. The summed E-state index contributed by atoms with van der Waals surface area (Å²) in [7, 11) is -3.57. The predicted octanol–water partition coefficient (Wildman–Crippen LogP) is 0.978. The summed E-state index contributed by atoms with van der Waals surface area (Å²) >= 11 is 0. The summed E-state index contributed by atoms with van der Waals surface area (Å²) in [5.74, 6) is -0.868. The second-order valence-corrected chi connectivity index (χ2v) is 9.72. The van der Waals surface area contributed by atoms with E-state index in [1.807, 2.05) is 20.8 Å². The molecule has 2 aliphatic carbocycles. The van der Waals surface area contributed by atoms with Crippen LogP contribution in [0.5, 0.6) is 0 Å². The number of ether oxygens (including phenoxy) is 1. The van der Waals surface area contributed by atoms with Crippen LogP contribution in [0.1, 0.15) is 47.0 Å². The van der Waals surface area contributed by atoms with Gasteiger partial charge in [0.25, 0.3) is 10.1 Å². The molecule has 3 aliphatic rings. The number of rotatable bonds is 5. The fraction of sp³-hybridized carbons (Fsp3) is 0.875. The Labute approximate surface area is 142 Å². The van der Waals surface area contributed by atoms with Gasteiger partial charge in [-0.25, -0.2) is 0 Å². The first-order valence-corrected chi connectivity index (χ1v) is 9.90. The van der Waals surface area contributed by atoms with Crippen LogP contribution in [0.15, 0.2) is 0 Å². The summed E-state index contributed by atoms with van der Waals surface area (Å²) in [6.07, 6.45) is 1.27. The maximum Gasteiger partial charge on any atom is 0.325 e. The lowest BCUT2D eigenvalue weighted by atomic mass is 9.83. The van der Waals surface area contributed by atoms with E-state index in [-0.39, 0.29) is 24.3 Å². The normalized spacial score (nSPS) is 39.0. The highest BCUT2D eigenvalue weighted by Crippen LogP contribution is 2.61. The lowest BCUT2D eigenvalue weighted by molar-refractivity contribution is -0.163. The van der Waals surface area contributed by atoms with Crippen LogP contribution in [-0.4, -0.2) is 43.8 Å². The first-order valence-electron chi connectivity index (χ1n) is 8.43. The molecule has 1 heterocycles. The number of esters is 1. The largest absolute Gasteiger partial charge is 0.458 e. The third kappa shape index (κ3) is 2.54. The Morgan fingerprint density at radius 1 is 1.33 bits per heavy atom. The molecule has 0 aromatic rings. The molecule has 5 unspecified atom stereocenters. The fourth-order valence-electron chi connectivity index (χ4n) is 4.26. The Kier molecular flexibility index (Phi) is 3.99. The number of carbonyl (C=O) groups is 2. The van der Waals surface area contributed by atoms with Crippen LogP contribution in [0.25, 0.3) is 0 Å². The van der Waals surface area contributed by atoms with Crippen molar-refractivity contribution in [2.24, 2.45) is 17.3 Å². The Morgan fingerprint density at radius 3 is 2.62 bits per heavy atom. The van der Waals surface area contributed by atoms with Gasteiger partial charge in [0.2, 0.25) is 5.91 Å². The minimum atomic E-state index is -3.57. The molecule has 7 nitrogen and oxygen atoms in total. The van der Waals surface area contributed by atoms with E-state index in [0.717, 1.165) is 0 Å². The summed E-state index contributed by atoms with van der Waals surface area (Å²) in [4.78, 5) is 24.1. The monoisotopic (exact) mass is 359 g/mol. The van der Waals surface area contributed by atoms with E-state index < -0.39 is 38.5 Å². The van der Waals surface area contributed by atoms with E-state index >= 15 is 0 Å². The van der Waals surface area contributed by atoms with Crippen molar-refractivity contribution in [1.29, 1.82) is 0 Å². The molecule has 2 saturated carbocycles. The zero-order chi connectivity index (χ0) is 17.9. The third-order valence-electron chi connectivity index (χ3n) is 6.09. The van der Waals surface area contributed by atoms with E-state index in [4.69, 9.17) is 8.92 Å². The summed E-state index contributed by atoms with van der Waals surface area (Å²) in [5.41, 5.74) is -1.51. The molecule has 1 N–H and O–H groups in total.